The second-order valence-corrected chi connectivity index (χ2v) is 6.15. The van der Waals surface area contributed by atoms with Crippen LogP contribution in [0.25, 0.3) is 0 Å². The van der Waals surface area contributed by atoms with Crippen LogP contribution in [0.15, 0.2) is 47.6 Å². The number of benzene rings is 1. The van der Waals surface area contributed by atoms with Crippen LogP contribution >= 0.6 is 24.0 Å². The summed E-state index contributed by atoms with van der Waals surface area (Å²) in [6, 6.07) is 8.73. The fourth-order valence-electron chi connectivity index (χ4n) is 2.23. The minimum Gasteiger partial charge on any atom is -0.475 e. The Morgan fingerprint density at radius 1 is 1.04 bits per heavy atom. The van der Waals surface area contributed by atoms with Crippen molar-refractivity contribution in [3.8, 4) is 5.88 Å². The van der Waals surface area contributed by atoms with Crippen molar-refractivity contribution >= 4 is 29.9 Å². The van der Waals surface area contributed by atoms with Crippen molar-refractivity contribution in [1.82, 2.24) is 15.6 Å². The number of alkyl halides is 3. The summed E-state index contributed by atoms with van der Waals surface area (Å²) >= 11 is 0. The first-order valence-corrected chi connectivity index (χ1v) is 8.50. The summed E-state index contributed by atoms with van der Waals surface area (Å²) in [5.41, 5.74) is 1.01. The summed E-state index contributed by atoms with van der Waals surface area (Å²) in [5.74, 6) is 1.11. The molecule has 0 saturated heterocycles. The summed E-state index contributed by atoms with van der Waals surface area (Å²) in [7, 11) is 1.62. The second-order valence-electron chi connectivity index (χ2n) is 6.15. The molecule has 0 radical (unpaired) electrons. The predicted octanol–water partition coefficient (Wildman–Crippen LogP) is 4.37. The van der Waals surface area contributed by atoms with Crippen LogP contribution in [-0.4, -0.2) is 24.1 Å². The van der Waals surface area contributed by atoms with Crippen molar-refractivity contribution in [1.29, 1.82) is 0 Å². The molecule has 0 aliphatic carbocycles. The fourth-order valence-corrected chi connectivity index (χ4v) is 2.23. The highest BCUT2D eigenvalue weighted by molar-refractivity contribution is 14.0. The summed E-state index contributed by atoms with van der Waals surface area (Å²) < 4.78 is 43.2. The number of rotatable bonds is 6. The lowest BCUT2D eigenvalue weighted by atomic mass is 10.1. The monoisotopic (exact) mass is 508 g/mol. The van der Waals surface area contributed by atoms with E-state index >= 15 is 0 Å². The standard InChI is InChI=1S/C19H23F3N4O.HI/c1-13(2)27-17-9-6-15(11-24-17)12-26-18(23-3)25-10-14-4-7-16(8-5-14)19(20,21)22;/h4-9,11,13H,10,12H2,1-3H3,(H2,23,25,26);1H. The van der Waals surface area contributed by atoms with Crippen LogP contribution in [0.2, 0.25) is 0 Å². The molecule has 1 heterocycles. The number of pyridine rings is 1. The molecular formula is C19H24F3IN4O. The van der Waals surface area contributed by atoms with Crippen molar-refractivity contribution < 1.29 is 17.9 Å². The minimum atomic E-state index is -4.33. The molecule has 0 spiro atoms. The number of nitrogens with zero attached hydrogens (tertiary/aromatic N) is 2. The lowest BCUT2D eigenvalue weighted by Crippen LogP contribution is -2.36. The van der Waals surface area contributed by atoms with Crippen LogP contribution in [0.3, 0.4) is 0 Å². The minimum absolute atomic E-state index is 0. The van der Waals surface area contributed by atoms with Gasteiger partial charge in [-0.2, -0.15) is 13.2 Å². The average molecular weight is 508 g/mol. The Morgan fingerprint density at radius 2 is 1.61 bits per heavy atom. The van der Waals surface area contributed by atoms with Crippen molar-refractivity contribution in [3.05, 3.63) is 59.3 Å². The van der Waals surface area contributed by atoms with E-state index < -0.39 is 11.7 Å². The van der Waals surface area contributed by atoms with Crippen LogP contribution < -0.4 is 15.4 Å². The molecule has 0 atom stereocenters. The molecule has 0 bridgehead atoms. The average Bonchev–Trinajstić information content (AvgIpc) is 2.62. The maximum Gasteiger partial charge on any atom is 0.416 e. The third kappa shape index (κ3) is 7.91. The molecule has 2 rings (SSSR count). The molecular weight excluding hydrogens is 484 g/mol. The molecule has 28 heavy (non-hydrogen) atoms. The molecule has 154 valence electrons. The van der Waals surface area contributed by atoms with Crippen LogP contribution in [-0.2, 0) is 19.3 Å². The zero-order valence-corrected chi connectivity index (χ0v) is 18.2. The van der Waals surface area contributed by atoms with Gasteiger partial charge in [-0.25, -0.2) is 4.98 Å². The summed E-state index contributed by atoms with van der Waals surface area (Å²) in [4.78, 5) is 8.33. The van der Waals surface area contributed by atoms with Gasteiger partial charge in [-0.3, -0.25) is 4.99 Å². The van der Waals surface area contributed by atoms with E-state index in [4.69, 9.17) is 4.74 Å². The SMILES string of the molecule is CN=C(NCc1ccc(C(F)(F)F)cc1)NCc1ccc(OC(C)C)nc1.I. The molecule has 0 fully saturated rings. The van der Waals surface area contributed by atoms with Crippen molar-refractivity contribution in [2.75, 3.05) is 7.05 Å². The van der Waals surface area contributed by atoms with E-state index in [9.17, 15) is 13.2 Å². The Balaban J connectivity index is 0.00000392. The zero-order chi connectivity index (χ0) is 19.9. The maximum atomic E-state index is 12.6. The van der Waals surface area contributed by atoms with Crippen LogP contribution in [0.4, 0.5) is 13.2 Å². The first kappa shape index (κ1) is 24.0. The number of halogens is 4. The second kappa shape index (κ2) is 11.1. The fraction of sp³-hybridized carbons (Fsp3) is 0.368. The van der Waals surface area contributed by atoms with Gasteiger partial charge in [0.15, 0.2) is 5.96 Å². The quantitative estimate of drug-likeness (QED) is 0.346. The third-order valence-electron chi connectivity index (χ3n) is 3.58. The molecule has 0 aliphatic rings. The Labute approximate surface area is 179 Å². The highest BCUT2D eigenvalue weighted by Crippen LogP contribution is 2.29. The van der Waals surface area contributed by atoms with Gasteiger partial charge in [0.05, 0.1) is 11.7 Å². The Kier molecular flexibility index (Phi) is 9.50. The lowest BCUT2D eigenvalue weighted by Gasteiger charge is -2.13. The first-order valence-electron chi connectivity index (χ1n) is 8.50. The molecule has 2 N–H and O–H groups in total. The van der Waals surface area contributed by atoms with Gasteiger partial charge in [-0.1, -0.05) is 18.2 Å². The van der Waals surface area contributed by atoms with E-state index in [1.807, 2.05) is 19.9 Å². The first-order chi connectivity index (χ1) is 12.8. The Bertz CT molecular complexity index is 747. The number of ether oxygens (including phenoxy) is 1. The van der Waals surface area contributed by atoms with E-state index in [0.29, 0.717) is 24.9 Å². The lowest BCUT2D eigenvalue weighted by molar-refractivity contribution is -0.137. The van der Waals surface area contributed by atoms with Gasteiger partial charge in [0.1, 0.15) is 0 Å². The summed E-state index contributed by atoms with van der Waals surface area (Å²) in [5, 5.41) is 6.19. The van der Waals surface area contributed by atoms with Gasteiger partial charge < -0.3 is 15.4 Å². The van der Waals surface area contributed by atoms with E-state index in [1.54, 1.807) is 19.3 Å². The third-order valence-corrected chi connectivity index (χ3v) is 3.58. The van der Waals surface area contributed by atoms with Crippen molar-refractivity contribution in [2.24, 2.45) is 4.99 Å². The van der Waals surface area contributed by atoms with Gasteiger partial charge in [-0.05, 0) is 37.1 Å². The van der Waals surface area contributed by atoms with Crippen LogP contribution in [0, 0.1) is 0 Å². The van der Waals surface area contributed by atoms with Crippen LogP contribution in [0.1, 0.15) is 30.5 Å². The summed E-state index contributed by atoms with van der Waals surface area (Å²) in [6.07, 6.45) is -2.55. The molecule has 0 aliphatic heterocycles. The molecule has 2 aromatic rings. The van der Waals surface area contributed by atoms with E-state index in [-0.39, 0.29) is 30.1 Å². The number of aromatic nitrogens is 1. The number of hydrogen-bond acceptors (Lipinski definition) is 3. The molecule has 1 aromatic heterocycles. The largest absolute Gasteiger partial charge is 0.475 e. The van der Waals surface area contributed by atoms with Gasteiger partial charge >= 0.3 is 6.18 Å². The number of aliphatic imine (C=N–C) groups is 1. The van der Waals surface area contributed by atoms with Crippen LogP contribution in [0.5, 0.6) is 5.88 Å². The van der Waals surface area contributed by atoms with Gasteiger partial charge in [0.25, 0.3) is 0 Å². The highest BCUT2D eigenvalue weighted by atomic mass is 127. The number of nitrogens with one attached hydrogen (secondary N) is 2. The number of hydrogen-bond donors (Lipinski definition) is 2. The molecule has 0 amide bonds. The Morgan fingerprint density at radius 3 is 2.07 bits per heavy atom. The Hall–Kier alpha value is -2.04. The normalized spacial score (nSPS) is 11.8. The maximum absolute atomic E-state index is 12.6. The van der Waals surface area contributed by atoms with E-state index in [0.717, 1.165) is 23.3 Å². The predicted molar refractivity (Wildman–Crippen MR) is 114 cm³/mol. The summed E-state index contributed by atoms with van der Waals surface area (Å²) in [6.45, 7) is 4.73. The smallest absolute Gasteiger partial charge is 0.416 e. The number of guanidine groups is 1. The van der Waals surface area contributed by atoms with Gasteiger partial charge in [0, 0.05) is 32.4 Å². The van der Waals surface area contributed by atoms with Crippen molar-refractivity contribution in [3.63, 3.8) is 0 Å². The topological polar surface area (TPSA) is 58.5 Å². The van der Waals surface area contributed by atoms with E-state index in [2.05, 4.69) is 20.6 Å². The van der Waals surface area contributed by atoms with Crippen molar-refractivity contribution in [2.45, 2.75) is 39.2 Å². The highest BCUT2D eigenvalue weighted by Gasteiger charge is 2.29. The van der Waals surface area contributed by atoms with Gasteiger partial charge in [-0.15, -0.1) is 24.0 Å². The van der Waals surface area contributed by atoms with E-state index in [1.165, 1.54) is 12.1 Å². The zero-order valence-electron chi connectivity index (χ0n) is 15.9. The molecule has 5 nitrogen and oxygen atoms in total. The molecule has 1 aromatic carbocycles. The molecule has 0 saturated carbocycles. The molecule has 0 unspecified atom stereocenters. The molecule has 9 heteroatoms. The van der Waals surface area contributed by atoms with Gasteiger partial charge in [0.2, 0.25) is 5.88 Å².